The normalized spacial score (nSPS) is 13.1. The summed E-state index contributed by atoms with van der Waals surface area (Å²) >= 11 is 3.62. The highest BCUT2D eigenvalue weighted by Gasteiger charge is 2.11. The zero-order chi connectivity index (χ0) is 12.1. The van der Waals surface area contributed by atoms with Crippen LogP contribution in [0.2, 0.25) is 0 Å². The van der Waals surface area contributed by atoms with Crippen LogP contribution in [0.5, 0.6) is 0 Å². The first-order valence-corrected chi connectivity index (χ1v) is 6.77. The third kappa shape index (κ3) is 3.54. The van der Waals surface area contributed by atoms with E-state index in [9.17, 15) is 0 Å². The fourth-order valence-electron chi connectivity index (χ4n) is 1.65. The minimum absolute atomic E-state index is 0.349. The Kier molecular flexibility index (Phi) is 4.57. The first-order valence-electron chi connectivity index (χ1n) is 5.86. The highest BCUT2D eigenvalue weighted by atomic mass is 79.9. The maximum absolute atomic E-state index is 5.66. The van der Waals surface area contributed by atoms with E-state index in [1.54, 1.807) is 0 Å². The minimum atomic E-state index is 0.349. The zero-order valence-corrected chi connectivity index (χ0v) is 11.4. The summed E-state index contributed by atoms with van der Waals surface area (Å²) in [6.07, 6.45) is 1.76. The number of oxazole rings is 1. The Labute approximate surface area is 109 Å². The van der Waals surface area contributed by atoms with Crippen LogP contribution in [-0.4, -0.2) is 23.0 Å². The average Bonchev–Trinajstić information content (AvgIpc) is 2.71. The number of fused-ring (bicyclic) bond motifs is 1. The van der Waals surface area contributed by atoms with Gasteiger partial charge in [-0.15, -0.1) is 0 Å². The Morgan fingerprint density at radius 3 is 3.00 bits per heavy atom. The molecular formula is C13H16BrNO2. The Morgan fingerprint density at radius 1 is 1.41 bits per heavy atom. The van der Waals surface area contributed by atoms with Gasteiger partial charge in [0, 0.05) is 24.5 Å². The van der Waals surface area contributed by atoms with Gasteiger partial charge in [-0.05, 0) is 25.5 Å². The lowest BCUT2D eigenvalue weighted by atomic mass is 10.2. The number of alkyl halides is 1. The first-order chi connectivity index (χ1) is 8.29. The highest BCUT2D eigenvalue weighted by Crippen LogP contribution is 2.18. The molecule has 0 spiro atoms. The number of aromatic nitrogens is 1. The predicted octanol–water partition coefficient (Wildman–Crippen LogP) is 3.56. The van der Waals surface area contributed by atoms with E-state index < -0.39 is 0 Å². The van der Waals surface area contributed by atoms with Gasteiger partial charge in [0.1, 0.15) is 5.52 Å². The lowest BCUT2D eigenvalue weighted by molar-refractivity contribution is 0.144. The molecule has 0 bridgehead atoms. The van der Waals surface area contributed by atoms with E-state index in [1.165, 1.54) is 0 Å². The van der Waals surface area contributed by atoms with Crippen molar-refractivity contribution in [2.75, 3.05) is 13.2 Å². The van der Waals surface area contributed by atoms with Crippen molar-refractivity contribution < 1.29 is 9.15 Å². The van der Waals surface area contributed by atoms with Crippen LogP contribution in [0.25, 0.3) is 11.1 Å². The zero-order valence-electron chi connectivity index (χ0n) is 9.86. The second-order valence-corrected chi connectivity index (χ2v) is 5.16. The van der Waals surface area contributed by atoms with E-state index >= 15 is 0 Å². The van der Waals surface area contributed by atoms with Crippen LogP contribution in [0.1, 0.15) is 19.2 Å². The third-order valence-electron chi connectivity index (χ3n) is 2.51. The van der Waals surface area contributed by atoms with E-state index in [0.717, 1.165) is 43.0 Å². The number of nitrogens with zero attached hydrogens (tertiary/aromatic N) is 1. The standard InChI is InChI=1S/C13H16BrNO2/c1-2-16-8-7-10(14)9-13-15-11-5-3-4-6-12(11)17-13/h3-6,10H,2,7-9H2,1H3. The molecule has 1 atom stereocenters. The number of hydrogen-bond donors (Lipinski definition) is 0. The summed E-state index contributed by atoms with van der Waals surface area (Å²) in [5.74, 6) is 0.782. The number of para-hydroxylation sites is 2. The van der Waals surface area contributed by atoms with Gasteiger partial charge in [0.25, 0.3) is 0 Å². The summed E-state index contributed by atoms with van der Waals surface area (Å²) in [6, 6.07) is 7.83. The molecule has 0 radical (unpaired) electrons. The second kappa shape index (κ2) is 6.17. The molecule has 1 heterocycles. The molecule has 0 fully saturated rings. The highest BCUT2D eigenvalue weighted by molar-refractivity contribution is 9.09. The average molecular weight is 298 g/mol. The van der Waals surface area contributed by atoms with Crippen molar-refractivity contribution in [1.82, 2.24) is 4.98 Å². The molecule has 0 N–H and O–H groups in total. The van der Waals surface area contributed by atoms with Gasteiger partial charge in [-0.2, -0.15) is 0 Å². The van der Waals surface area contributed by atoms with Crippen LogP contribution in [0.4, 0.5) is 0 Å². The van der Waals surface area contributed by atoms with Crippen molar-refractivity contribution in [2.45, 2.75) is 24.6 Å². The second-order valence-electron chi connectivity index (χ2n) is 3.86. The maximum Gasteiger partial charge on any atom is 0.196 e. The van der Waals surface area contributed by atoms with Crippen molar-refractivity contribution in [3.63, 3.8) is 0 Å². The predicted molar refractivity (Wildman–Crippen MR) is 71.5 cm³/mol. The largest absolute Gasteiger partial charge is 0.441 e. The van der Waals surface area contributed by atoms with Crippen LogP contribution < -0.4 is 0 Å². The summed E-state index contributed by atoms with van der Waals surface area (Å²) < 4.78 is 11.0. The van der Waals surface area contributed by atoms with Crippen molar-refractivity contribution in [3.05, 3.63) is 30.2 Å². The number of ether oxygens (including phenoxy) is 1. The molecule has 2 rings (SSSR count). The Morgan fingerprint density at radius 2 is 2.24 bits per heavy atom. The molecule has 0 saturated carbocycles. The van der Waals surface area contributed by atoms with E-state index in [1.807, 2.05) is 31.2 Å². The number of halogens is 1. The molecule has 1 aromatic carbocycles. The molecule has 0 amide bonds. The molecule has 2 aromatic rings. The summed E-state index contributed by atoms with van der Waals surface area (Å²) in [5.41, 5.74) is 1.78. The Bertz CT molecular complexity index is 436. The van der Waals surface area contributed by atoms with Gasteiger partial charge in [-0.25, -0.2) is 4.98 Å². The van der Waals surface area contributed by atoms with Gasteiger partial charge in [-0.3, -0.25) is 0 Å². The number of hydrogen-bond acceptors (Lipinski definition) is 3. The van der Waals surface area contributed by atoms with E-state index in [2.05, 4.69) is 20.9 Å². The SMILES string of the molecule is CCOCCC(Br)Cc1nc2ccccc2o1. The smallest absolute Gasteiger partial charge is 0.196 e. The molecule has 1 unspecified atom stereocenters. The van der Waals surface area contributed by atoms with Crippen LogP contribution in [0.15, 0.2) is 28.7 Å². The molecule has 92 valence electrons. The summed E-state index contributed by atoms with van der Waals surface area (Å²) in [4.78, 5) is 4.79. The van der Waals surface area contributed by atoms with Gasteiger partial charge >= 0.3 is 0 Å². The molecule has 17 heavy (non-hydrogen) atoms. The molecule has 0 aliphatic rings. The van der Waals surface area contributed by atoms with Gasteiger partial charge < -0.3 is 9.15 Å². The molecule has 4 heteroatoms. The van der Waals surface area contributed by atoms with E-state index in [4.69, 9.17) is 9.15 Å². The summed E-state index contributed by atoms with van der Waals surface area (Å²) in [7, 11) is 0. The first kappa shape index (κ1) is 12.6. The Balaban J connectivity index is 1.93. The Hall–Kier alpha value is -0.870. The van der Waals surface area contributed by atoms with Crippen molar-refractivity contribution >= 4 is 27.0 Å². The maximum atomic E-state index is 5.66. The third-order valence-corrected chi connectivity index (χ3v) is 3.30. The number of rotatable bonds is 6. The summed E-state index contributed by atoms with van der Waals surface area (Å²) in [6.45, 7) is 3.54. The van der Waals surface area contributed by atoms with Crippen molar-refractivity contribution in [2.24, 2.45) is 0 Å². The molecule has 1 aromatic heterocycles. The van der Waals surface area contributed by atoms with Crippen molar-refractivity contribution in [1.29, 1.82) is 0 Å². The van der Waals surface area contributed by atoms with Crippen LogP contribution in [0, 0.1) is 0 Å². The van der Waals surface area contributed by atoms with E-state index in [0.29, 0.717) is 4.83 Å². The quantitative estimate of drug-likeness (QED) is 0.604. The van der Waals surface area contributed by atoms with Crippen LogP contribution >= 0.6 is 15.9 Å². The lowest BCUT2D eigenvalue weighted by Gasteiger charge is -2.06. The lowest BCUT2D eigenvalue weighted by Crippen LogP contribution is -2.07. The van der Waals surface area contributed by atoms with Gasteiger partial charge in [0.2, 0.25) is 0 Å². The summed E-state index contributed by atoms with van der Waals surface area (Å²) in [5, 5.41) is 0. The van der Waals surface area contributed by atoms with Gasteiger partial charge in [0.15, 0.2) is 11.5 Å². The van der Waals surface area contributed by atoms with E-state index in [-0.39, 0.29) is 0 Å². The molecule has 0 aliphatic heterocycles. The van der Waals surface area contributed by atoms with Crippen molar-refractivity contribution in [3.8, 4) is 0 Å². The van der Waals surface area contributed by atoms with Crippen LogP contribution in [0.3, 0.4) is 0 Å². The fourth-order valence-corrected chi connectivity index (χ4v) is 2.12. The molecule has 0 aliphatic carbocycles. The minimum Gasteiger partial charge on any atom is -0.441 e. The van der Waals surface area contributed by atoms with Gasteiger partial charge in [-0.1, -0.05) is 28.1 Å². The fraction of sp³-hybridized carbons (Fsp3) is 0.462. The monoisotopic (exact) mass is 297 g/mol. The topological polar surface area (TPSA) is 35.3 Å². The molecular weight excluding hydrogens is 282 g/mol. The number of benzene rings is 1. The molecule has 0 saturated heterocycles. The van der Waals surface area contributed by atoms with Crippen LogP contribution in [-0.2, 0) is 11.2 Å². The van der Waals surface area contributed by atoms with Gasteiger partial charge in [0.05, 0.1) is 0 Å². The molecule has 3 nitrogen and oxygen atoms in total.